The topological polar surface area (TPSA) is 51.8 Å². The Bertz CT molecular complexity index is 2900. The fourth-order valence-corrected chi connectivity index (χ4v) is 7.63. The van der Waals surface area contributed by atoms with Gasteiger partial charge >= 0.3 is 0 Å². The molecule has 2 heterocycles. The van der Waals surface area contributed by atoms with Crippen molar-refractivity contribution in [2.24, 2.45) is 5.92 Å². The maximum absolute atomic E-state index is 6.45. The van der Waals surface area contributed by atoms with Gasteiger partial charge in [0.15, 0.2) is 17.5 Å². The van der Waals surface area contributed by atoms with Crippen LogP contribution in [0.5, 0.6) is 0 Å². The van der Waals surface area contributed by atoms with Crippen LogP contribution in [-0.2, 0) is 0 Å². The molecule has 246 valence electrons. The third-order valence-corrected chi connectivity index (χ3v) is 10.2. The first kappa shape index (κ1) is 30.2. The molecule has 0 spiro atoms. The summed E-state index contributed by atoms with van der Waals surface area (Å²) < 4.78 is 6.45. The lowest BCUT2D eigenvalue weighted by Crippen LogP contribution is -2.06. The van der Waals surface area contributed by atoms with Crippen LogP contribution in [-0.4, -0.2) is 15.0 Å². The molecular formula is C48H33N3O. The first-order valence-corrected chi connectivity index (χ1v) is 17.8. The second kappa shape index (κ2) is 12.3. The van der Waals surface area contributed by atoms with Crippen molar-refractivity contribution >= 4 is 49.1 Å². The summed E-state index contributed by atoms with van der Waals surface area (Å²) in [6.45, 7) is 2.22. The Hall–Kier alpha value is -6.65. The summed E-state index contributed by atoms with van der Waals surface area (Å²) in [6.07, 6.45) is 7.34. The lowest BCUT2D eigenvalue weighted by molar-refractivity contribution is 0.669. The molecular weight excluding hydrogens is 635 g/mol. The monoisotopic (exact) mass is 667 g/mol. The van der Waals surface area contributed by atoms with E-state index >= 15 is 0 Å². The molecule has 1 aliphatic carbocycles. The highest BCUT2D eigenvalue weighted by molar-refractivity contribution is 6.13. The van der Waals surface area contributed by atoms with Gasteiger partial charge in [0.25, 0.3) is 0 Å². The van der Waals surface area contributed by atoms with Gasteiger partial charge in [-0.25, -0.2) is 15.0 Å². The largest absolute Gasteiger partial charge is 0.456 e. The number of hydrogen-bond donors (Lipinski definition) is 0. The van der Waals surface area contributed by atoms with Crippen LogP contribution < -0.4 is 0 Å². The van der Waals surface area contributed by atoms with E-state index in [9.17, 15) is 0 Å². The summed E-state index contributed by atoms with van der Waals surface area (Å²) in [5.41, 5.74) is 9.26. The molecule has 0 unspecified atom stereocenters. The van der Waals surface area contributed by atoms with Gasteiger partial charge in [-0.05, 0) is 92.0 Å². The van der Waals surface area contributed by atoms with Crippen molar-refractivity contribution in [3.05, 3.63) is 170 Å². The van der Waals surface area contributed by atoms with E-state index in [0.29, 0.717) is 23.4 Å². The number of benzene rings is 7. The van der Waals surface area contributed by atoms with Crippen LogP contribution in [0.25, 0.3) is 94.1 Å². The maximum atomic E-state index is 6.45. The molecule has 7 aromatic carbocycles. The minimum Gasteiger partial charge on any atom is -0.456 e. The van der Waals surface area contributed by atoms with Gasteiger partial charge in [0.2, 0.25) is 0 Å². The highest BCUT2D eigenvalue weighted by Crippen LogP contribution is 2.39. The zero-order chi connectivity index (χ0) is 34.6. The van der Waals surface area contributed by atoms with E-state index in [-0.39, 0.29) is 0 Å². The van der Waals surface area contributed by atoms with Gasteiger partial charge in [0.05, 0.1) is 0 Å². The Morgan fingerprint density at radius 1 is 0.500 bits per heavy atom. The van der Waals surface area contributed by atoms with Gasteiger partial charge in [-0.1, -0.05) is 140 Å². The molecule has 1 atom stereocenters. The molecule has 0 bridgehead atoms. The Balaban J connectivity index is 1.09. The molecule has 0 amide bonds. The van der Waals surface area contributed by atoms with Gasteiger partial charge in [0, 0.05) is 21.9 Å². The number of fused-ring (bicyclic) bond motifs is 6. The number of allylic oxidation sites excluding steroid dienone is 4. The minimum absolute atomic E-state index is 0.417. The molecule has 1 aliphatic rings. The SMILES string of the molecule is C[C@H]1C=CC=C(c2nc(-c3ccccc3)nc(-c3cccc4oc5ccc(-c6cccc(-c7ccc8c(ccc9ccccc98)c7)c6)cc5c34)n2)C1. The zero-order valence-corrected chi connectivity index (χ0v) is 28.6. The summed E-state index contributed by atoms with van der Waals surface area (Å²) in [7, 11) is 0. The fourth-order valence-electron chi connectivity index (χ4n) is 7.63. The molecule has 4 heteroatoms. The highest BCUT2D eigenvalue weighted by Gasteiger charge is 2.20. The zero-order valence-electron chi connectivity index (χ0n) is 28.6. The third kappa shape index (κ3) is 5.28. The molecule has 0 N–H and O–H groups in total. The standard InChI is InChI=1S/C48H33N3O/c1-30-10-7-16-38(26-30)47-49-46(32-12-3-2-4-13-32)50-48(51-47)41-18-9-19-44-45(41)42-29-36(23-25-43(42)52-44)34-15-8-14-33(27-34)35-22-24-40-37(28-35)21-20-31-11-5-6-17-39(31)40/h2-25,27-30H,26H2,1H3/t30-/m0/s1. The first-order valence-electron chi connectivity index (χ1n) is 17.8. The molecule has 0 fully saturated rings. The van der Waals surface area contributed by atoms with Gasteiger partial charge < -0.3 is 4.42 Å². The highest BCUT2D eigenvalue weighted by atomic mass is 16.3. The van der Waals surface area contributed by atoms with Crippen LogP contribution in [0.15, 0.2) is 168 Å². The number of aromatic nitrogens is 3. The van der Waals surface area contributed by atoms with E-state index in [4.69, 9.17) is 19.4 Å². The Morgan fingerprint density at radius 2 is 1.19 bits per heavy atom. The lowest BCUT2D eigenvalue weighted by Gasteiger charge is -2.15. The van der Waals surface area contributed by atoms with Crippen molar-refractivity contribution in [3.8, 4) is 45.0 Å². The fraction of sp³-hybridized carbons (Fsp3) is 0.0625. The quantitative estimate of drug-likeness (QED) is 0.171. The Kier molecular flexibility index (Phi) is 7.14. The number of furan rings is 1. The van der Waals surface area contributed by atoms with Crippen LogP contribution in [0.2, 0.25) is 0 Å². The summed E-state index contributed by atoms with van der Waals surface area (Å²) in [5, 5.41) is 7.08. The van der Waals surface area contributed by atoms with Crippen LogP contribution in [0, 0.1) is 5.92 Å². The molecule has 0 saturated heterocycles. The van der Waals surface area contributed by atoms with E-state index in [1.54, 1.807) is 0 Å². The molecule has 9 aromatic rings. The average molecular weight is 668 g/mol. The number of nitrogens with zero attached hydrogens (tertiary/aromatic N) is 3. The Labute approximate surface area is 301 Å². The Morgan fingerprint density at radius 3 is 2.08 bits per heavy atom. The molecule has 2 aromatic heterocycles. The van der Waals surface area contributed by atoms with Crippen molar-refractivity contribution in [2.75, 3.05) is 0 Å². The third-order valence-electron chi connectivity index (χ3n) is 10.2. The van der Waals surface area contributed by atoms with Crippen LogP contribution in [0.4, 0.5) is 0 Å². The summed E-state index contributed by atoms with van der Waals surface area (Å²) >= 11 is 0. The van der Waals surface area contributed by atoms with Crippen LogP contribution >= 0.6 is 0 Å². The second-order valence-corrected chi connectivity index (χ2v) is 13.7. The molecule has 4 nitrogen and oxygen atoms in total. The smallest absolute Gasteiger partial charge is 0.164 e. The molecule has 52 heavy (non-hydrogen) atoms. The minimum atomic E-state index is 0.417. The molecule has 0 radical (unpaired) electrons. The molecule has 0 saturated carbocycles. The summed E-state index contributed by atoms with van der Waals surface area (Å²) in [5.74, 6) is 2.43. The molecule has 10 rings (SSSR count). The van der Waals surface area contributed by atoms with Gasteiger partial charge in [-0.2, -0.15) is 0 Å². The van der Waals surface area contributed by atoms with Gasteiger partial charge in [0.1, 0.15) is 11.2 Å². The number of hydrogen-bond acceptors (Lipinski definition) is 4. The average Bonchev–Trinajstić information content (AvgIpc) is 3.59. The predicted molar refractivity (Wildman–Crippen MR) is 215 cm³/mol. The first-order chi connectivity index (χ1) is 25.6. The van der Waals surface area contributed by atoms with Gasteiger partial charge in [-0.3, -0.25) is 0 Å². The summed E-state index contributed by atoms with van der Waals surface area (Å²) in [4.78, 5) is 15.2. The lowest BCUT2D eigenvalue weighted by atomic mass is 9.95. The normalized spacial score (nSPS) is 14.4. The van der Waals surface area contributed by atoms with E-state index in [1.807, 2.05) is 30.3 Å². The van der Waals surface area contributed by atoms with E-state index in [1.165, 1.54) is 32.7 Å². The summed E-state index contributed by atoms with van der Waals surface area (Å²) in [6, 6.07) is 51.4. The molecule has 0 aliphatic heterocycles. The maximum Gasteiger partial charge on any atom is 0.164 e. The second-order valence-electron chi connectivity index (χ2n) is 13.7. The van der Waals surface area contributed by atoms with Crippen molar-refractivity contribution < 1.29 is 4.42 Å². The van der Waals surface area contributed by atoms with Crippen LogP contribution in [0.1, 0.15) is 19.2 Å². The predicted octanol–water partition coefficient (Wildman–Crippen LogP) is 12.7. The van der Waals surface area contributed by atoms with Crippen molar-refractivity contribution in [2.45, 2.75) is 13.3 Å². The van der Waals surface area contributed by atoms with Crippen molar-refractivity contribution in [3.63, 3.8) is 0 Å². The van der Waals surface area contributed by atoms with Crippen molar-refractivity contribution in [1.82, 2.24) is 15.0 Å². The number of rotatable bonds is 5. The van der Waals surface area contributed by atoms with Crippen LogP contribution in [0.3, 0.4) is 0 Å². The van der Waals surface area contributed by atoms with E-state index in [0.717, 1.165) is 56.2 Å². The van der Waals surface area contributed by atoms with E-state index in [2.05, 4.69) is 140 Å². The van der Waals surface area contributed by atoms with Crippen molar-refractivity contribution in [1.29, 1.82) is 0 Å². The van der Waals surface area contributed by atoms with E-state index < -0.39 is 0 Å². The van der Waals surface area contributed by atoms with Gasteiger partial charge in [-0.15, -0.1) is 0 Å².